The van der Waals surface area contributed by atoms with Gasteiger partial charge in [0.1, 0.15) is 0 Å². The van der Waals surface area contributed by atoms with E-state index < -0.39 is 0 Å². The van der Waals surface area contributed by atoms with Gasteiger partial charge in [0.2, 0.25) is 0 Å². The third kappa shape index (κ3) is 3.29. The van der Waals surface area contributed by atoms with Gasteiger partial charge in [-0.1, -0.05) is 42.1 Å². The van der Waals surface area contributed by atoms with Crippen LogP contribution in [0.4, 0.5) is 5.69 Å². The number of para-hydroxylation sites is 1. The number of anilines is 1. The molecule has 0 spiro atoms. The van der Waals surface area contributed by atoms with Crippen molar-refractivity contribution in [2.45, 2.75) is 31.4 Å². The van der Waals surface area contributed by atoms with E-state index in [4.69, 9.17) is 0 Å². The van der Waals surface area contributed by atoms with Crippen molar-refractivity contribution in [1.29, 1.82) is 0 Å². The summed E-state index contributed by atoms with van der Waals surface area (Å²) < 4.78 is 0. The number of thioether (sulfide) groups is 1. The predicted molar refractivity (Wildman–Crippen MR) is 97.5 cm³/mol. The van der Waals surface area contributed by atoms with Crippen molar-refractivity contribution in [3.05, 3.63) is 42.5 Å². The molecule has 2 unspecified atom stereocenters. The largest absolute Gasteiger partial charge is 0.287 e. The monoisotopic (exact) mass is 329 g/mol. The van der Waals surface area contributed by atoms with Crippen LogP contribution in [0.5, 0.6) is 0 Å². The van der Waals surface area contributed by atoms with Crippen LogP contribution in [0, 0.1) is 5.92 Å². The van der Waals surface area contributed by atoms with Crippen molar-refractivity contribution in [2.24, 2.45) is 10.9 Å². The zero-order valence-corrected chi connectivity index (χ0v) is 14.6. The molecule has 23 heavy (non-hydrogen) atoms. The predicted octanol–water partition coefficient (Wildman–Crippen LogP) is 3.71. The lowest BCUT2D eigenvalue weighted by molar-refractivity contribution is -0.121. The second kappa shape index (κ2) is 6.79. The molecule has 0 bridgehead atoms. The molecule has 0 aromatic heterocycles. The number of hydrogen-bond acceptors (Lipinski definition) is 4. The van der Waals surface area contributed by atoms with Gasteiger partial charge in [0.15, 0.2) is 5.17 Å². The summed E-state index contributed by atoms with van der Waals surface area (Å²) in [5.41, 5.74) is 2.27. The van der Waals surface area contributed by atoms with E-state index in [1.54, 1.807) is 11.8 Å². The van der Waals surface area contributed by atoms with Gasteiger partial charge in [-0.15, -0.1) is 0 Å². The molecule has 3 rings (SSSR count). The van der Waals surface area contributed by atoms with E-state index in [0.29, 0.717) is 5.25 Å². The molecular weight excluding hydrogens is 306 g/mol. The number of aliphatic imine (C=N–C) groups is 1. The van der Waals surface area contributed by atoms with Crippen molar-refractivity contribution in [1.82, 2.24) is 5.01 Å². The molecular formula is C18H23N3OS. The summed E-state index contributed by atoms with van der Waals surface area (Å²) in [6.45, 7) is 6.91. The third-order valence-corrected chi connectivity index (χ3v) is 5.91. The number of fused-ring (bicyclic) bond motifs is 1. The molecule has 5 heteroatoms. The molecule has 2 aliphatic rings. The Bertz CT molecular complexity index is 628. The molecule has 2 atom stereocenters. The minimum absolute atomic E-state index is 0.0181. The smallest absolute Gasteiger partial charge is 0.252 e. The van der Waals surface area contributed by atoms with E-state index >= 15 is 0 Å². The summed E-state index contributed by atoms with van der Waals surface area (Å²) >= 11 is 1.75. The maximum absolute atomic E-state index is 12.5. The second-order valence-electron chi connectivity index (χ2n) is 6.06. The minimum atomic E-state index is 0.0181. The summed E-state index contributed by atoms with van der Waals surface area (Å²) in [5, 5.41) is 5.30. The molecule has 4 nitrogen and oxygen atoms in total. The highest BCUT2D eigenvalue weighted by atomic mass is 32.2. The lowest BCUT2D eigenvalue weighted by Gasteiger charge is -2.40. The molecule has 0 radical (unpaired) electrons. The Morgan fingerprint density at radius 2 is 2.09 bits per heavy atom. The average molecular weight is 329 g/mol. The molecule has 0 N–H and O–H groups in total. The van der Waals surface area contributed by atoms with E-state index in [9.17, 15) is 4.79 Å². The first-order chi connectivity index (χ1) is 11.1. The quantitative estimate of drug-likeness (QED) is 0.625. The molecule has 1 aromatic rings. The minimum Gasteiger partial charge on any atom is -0.287 e. The van der Waals surface area contributed by atoms with Crippen LogP contribution in [-0.4, -0.2) is 34.9 Å². The number of nitrogens with zero attached hydrogens (tertiary/aromatic N) is 3. The molecule has 1 aliphatic heterocycles. The first kappa shape index (κ1) is 16.1. The van der Waals surface area contributed by atoms with Crippen LogP contribution in [0.1, 0.15) is 26.2 Å². The van der Waals surface area contributed by atoms with Crippen LogP contribution in [0.3, 0.4) is 0 Å². The number of hydrazine groups is 1. The number of amides is 1. The van der Waals surface area contributed by atoms with Gasteiger partial charge >= 0.3 is 0 Å². The van der Waals surface area contributed by atoms with Gasteiger partial charge in [-0.25, -0.2) is 0 Å². The van der Waals surface area contributed by atoms with Gasteiger partial charge in [0, 0.05) is 18.8 Å². The van der Waals surface area contributed by atoms with Crippen molar-refractivity contribution >= 4 is 28.5 Å². The lowest BCUT2D eigenvalue weighted by atomic mass is 9.85. The molecule has 1 saturated carbocycles. The maximum Gasteiger partial charge on any atom is 0.252 e. The van der Waals surface area contributed by atoms with E-state index in [-0.39, 0.29) is 11.8 Å². The highest BCUT2D eigenvalue weighted by Gasteiger charge is 2.38. The number of benzene rings is 1. The zero-order chi connectivity index (χ0) is 16.4. The van der Waals surface area contributed by atoms with Crippen LogP contribution in [0.15, 0.2) is 47.5 Å². The Kier molecular flexibility index (Phi) is 4.76. The van der Waals surface area contributed by atoms with E-state index in [1.165, 1.54) is 5.57 Å². The Hall–Kier alpha value is -1.75. The van der Waals surface area contributed by atoms with Crippen LogP contribution < -0.4 is 5.01 Å². The summed E-state index contributed by atoms with van der Waals surface area (Å²) in [4.78, 5) is 16.9. The summed E-state index contributed by atoms with van der Waals surface area (Å²) in [6, 6.07) is 10.2. The Morgan fingerprint density at radius 1 is 1.35 bits per heavy atom. The average Bonchev–Trinajstić information content (AvgIpc) is 2.57. The lowest BCUT2D eigenvalue weighted by Crippen LogP contribution is -2.47. The molecule has 0 saturated heterocycles. The number of carbonyl (C=O) groups is 1. The fraction of sp³-hybridized carbons (Fsp3) is 0.444. The van der Waals surface area contributed by atoms with Crippen LogP contribution >= 0.6 is 11.8 Å². The fourth-order valence-corrected chi connectivity index (χ4v) is 4.60. The Balaban J connectivity index is 1.83. The zero-order valence-electron chi connectivity index (χ0n) is 13.7. The highest BCUT2D eigenvalue weighted by molar-refractivity contribution is 8.14. The topological polar surface area (TPSA) is 35.9 Å². The van der Waals surface area contributed by atoms with Crippen LogP contribution in [0.25, 0.3) is 0 Å². The van der Waals surface area contributed by atoms with Crippen molar-refractivity contribution in [3.8, 4) is 0 Å². The fourth-order valence-electron chi connectivity index (χ4n) is 3.20. The van der Waals surface area contributed by atoms with Crippen molar-refractivity contribution in [2.75, 3.05) is 18.6 Å². The summed E-state index contributed by atoms with van der Waals surface area (Å²) in [7, 11) is 2.02. The Labute approximate surface area is 142 Å². The van der Waals surface area contributed by atoms with Gasteiger partial charge in [0.05, 0.1) is 11.6 Å². The van der Waals surface area contributed by atoms with Gasteiger partial charge < -0.3 is 0 Å². The SMILES string of the molecule is C=C1CCC2SC(N(CC)N(C)c3ccccc3)=NC(=O)C2C1. The van der Waals surface area contributed by atoms with E-state index in [1.807, 2.05) is 25.2 Å². The third-order valence-electron chi connectivity index (χ3n) is 4.53. The van der Waals surface area contributed by atoms with E-state index in [0.717, 1.165) is 36.7 Å². The second-order valence-corrected chi connectivity index (χ2v) is 7.27. The van der Waals surface area contributed by atoms with Gasteiger partial charge in [-0.05, 0) is 38.3 Å². The maximum atomic E-state index is 12.5. The van der Waals surface area contributed by atoms with E-state index in [2.05, 4.69) is 40.6 Å². The molecule has 122 valence electrons. The molecule has 1 aliphatic carbocycles. The summed E-state index contributed by atoms with van der Waals surface area (Å²) in [5.74, 6) is 0.0373. The molecule has 1 amide bonds. The number of carbonyl (C=O) groups excluding carboxylic acids is 1. The van der Waals surface area contributed by atoms with Crippen molar-refractivity contribution < 1.29 is 4.79 Å². The summed E-state index contributed by atoms with van der Waals surface area (Å²) in [6.07, 6.45) is 2.84. The number of hydrogen-bond donors (Lipinski definition) is 0. The number of amidine groups is 1. The highest BCUT2D eigenvalue weighted by Crippen LogP contribution is 2.40. The molecule has 1 aromatic carbocycles. The Morgan fingerprint density at radius 3 is 2.78 bits per heavy atom. The van der Waals surface area contributed by atoms with Crippen LogP contribution in [0.2, 0.25) is 0 Å². The molecule has 1 heterocycles. The van der Waals surface area contributed by atoms with Gasteiger partial charge in [-0.2, -0.15) is 4.99 Å². The van der Waals surface area contributed by atoms with Crippen molar-refractivity contribution in [3.63, 3.8) is 0 Å². The van der Waals surface area contributed by atoms with Gasteiger partial charge in [-0.3, -0.25) is 14.8 Å². The van der Waals surface area contributed by atoms with Crippen LogP contribution in [-0.2, 0) is 4.79 Å². The first-order valence-corrected chi connectivity index (χ1v) is 9.00. The number of allylic oxidation sites excluding steroid dienone is 1. The standard InChI is InChI=1S/C18H23N3OS/c1-4-21(20(3)14-8-6-5-7-9-14)18-19-17(22)15-12-13(2)10-11-16(15)23-18/h5-9,15-16H,2,4,10-12H2,1,3H3. The first-order valence-electron chi connectivity index (χ1n) is 8.12. The van der Waals surface area contributed by atoms with Gasteiger partial charge in [0.25, 0.3) is 5.91 Å². The molecule has 1 fully saturated rings. The normalized spacial score (nSPS) is 24.0. The number of rotatable bonds is 3.